The van der Waals surface area contributed by atoms with E-state index in [9.17, 15) is 0 Å². The largest absolute Gasteiger partial charge is 1.00 e. The van der Waals surface area contributed by atoms with Gasteiger partial charge in [-0.1, -0.05) is 48.5 Å². The van der Waals surface area contributed by atoms with Gasteiger partial charge in [-0.2, -0.15) is 0 Å². The number of fused-ring (bicyclic) bond motifs is 1. The van der Waals surface area contributed by atoms with Gasteiger partial charge in [0.05, 0.1) is 0 Å². The summed E-state index contributed by atoms with van der Waals surface area (Å²) in [4.78, 5) is 0. The van der Waals surface area contributed by atoms with Crippen LogP contribution in [0.5, 0.6) is 0 Å². The second-order valence-electron chi connectivity index (χ2n) is 2.35. The van der Waals surface area contributed by atoms with Gasteiger partial charge in [0.25, 0.3) is 0 Å². The standard InChI is InChI=1S/C10H8.ClH/c1-2-5-9-7-4-8-10(9)6-3-1;/h1-8H;1H/p-1. The zero-order valence-corrected chi connectivity index (χ0v) is 6.75. The van der Waals surface area contributed by atoms with Crippen molar-refractivity contribution >= 4 is 0 Å². The van der Waals surface area contributed by atoms with E-state index in [0.29, 0.717) is 0 Å². The van der Waals surface area contributed by atoms with Gasteiger partial charge in [0, 0.05) is 0 Å². The fourth-order valence-electron chi connectivity index (χ4n) is 1.13. The molecule has 0 bridgehead atoms. The van der Waals surface area contributed by atoms with Crippen LogP contribution in [0.2, 0.25) is 0 Å². The maximum absolute atomic E-state index is 2.12. The van der Waals surface area contributed by atoms with Crippen molar-refractivity contribution in [2.45, 2.75) is 0 Å². The molecule has 0 saturated heterocycles. The summed E-state index contributed by atoms with van der Waals surface area (Å²) < 4.78 is 0. The fourth-order valence-corrected chi connectivity index (χ4v) is 1.13. The van der Waals surface area contributed by atoms with E-state index in [2.05, 4.69) is 42.5 Å². The van der Waals surface area contributed by atoms with E-state index in [1.165, 1.54) is 11.1 Å². The zero-order valence-electron chi connectivity index (χ0n) is 6.00. The normalized spacial score (nSPS) is 9.09. The van der Waals surface area contributed by atoms with E-state index < -0.39 is 0 Å². The first kappa shape index (κ1) is 8.09. The molecular formula is C10H8Cl-. The van der Waals surface area contributed by atoms with Crippen molar-refractivity contribution < 1.29 is 12.4 Å². The minimum Gasteiger partial charge on any atom is -1.00 e. The second kappa shape index (κ2) is 3.40. The second-order valence-corrected chi connectivity index (χ2v) is 2.35. The lowest BCUT2D eigenvalue weighted by molar-refractivity contribution is -0.00000192. The third-order valence-electron chi connectivity index (χ3n) is 1.66. The molecule has 0 nitrogen and oxygen atoms in total. The quantitative estimate of drug-likeness (QED) is 0.505. The summed E-state index contributed by atoms with van der Waals surface area (Å²) in [6.07, 6.45) is 0. The first-order valence-corrected chi connectivity index (χ1v) is 3.40. The van der Waals surface area contributed by atoms with Crippen LogP contribution in [0.25, 0.3) is 11.1 Å². The fraction of sp³-hybridized carbons (Fsp3) is 0. The highest BCUT2D eigenvalue weighted by Gasteiger charge is 1.94. The van der Waals surface area contributed by atoms with Gasteiger partial charge in [0.15, 0.2) is 0 Å². The van der Waals surface area contributed by atoms with Crippen LogP contribution in [-0.4, -0.2) is 0 Å². The average Bonchev–Trinajstić information content (AvgIpc) is 2.28. The van der Waals surface area contributed by atoms with E-state index in [0.717, 1.165) is 0 Å². The van der Waals surface area contributed by atoms with Gasteiger partial charge in [0.1, 0.15) is 0 Å². The predicted octanol–water partition coefficient (Wildman–Crippen LogP) is -0.205. The minimum absolute atomic E-state index is 0. The molecule has 0 unspecified atom stereocenters. The molecule has 0 aromatic heterocycles. The van der Waals surface area contributed by atoms with Crippen LogP contribution in [0, 0.1) is 0 Å². The Balaban J connectivity index is 0.000000605. The SMILES string of the molecule is [Cl-].c1ccc2cccc-2cc1. The van der Waals surface area contributed by atoms with Crippen molar-refractivity contribution in [3.8, 4) is 11.1 Å². The summed E-state index contributed by atoms with van der Waals surface area (Å²) in [7, 11) is 0. The molecule has 0 spiro atoms. The Labute approximate surface area is 72.6 Å². The monoisotopic (exact) mass is 163 g/mol. The molecule has 0 radical (unpaired) electrons. The molecule has 0 N–H and O–H groups in total. The zero-order chi connectivity index (χ0) is 6.81. The van der Waals surface area contributed by atoms with Crippen molar-refractivity contribution in [1.29, 1.82) is 0 Å². The van der Waals surface area contributed by atoms with Crippen LogP contribution in [0.15, 0.2) is 48.5 Å². The van der Waals surface area contributed by atoms with E-state index >= 15 is 0 Å². The van der Waals surface area contributed by atoms with Crippen LogP contribution < -0.4 is 12.4 Å². The molecule has 0 fully saturated rings. The van der Waals surface area contributed by atoms with Crippen LogP contribution in [-0.2, 0) is 0 Å². The molecule has 0 aromatic carbocycles. The highest BCUT2D eigenvalue weighted by molar-refractivity contribution is 5.65. The van der Waals surface area contributed by atoms with Crippen molar-refractivity contribution in [1.82, 2.24) is 0 Å². The van der Waals surface area contributed by atoms with Crippen molar-refractivity contribution in [3.05, 3.63) is 48.5 Å². The Morgan fingerprint density at radius 2 is 1.00 bits per heavy atom. The summed E-state index contributed by atoms with van der Waals surface area (Å²) in [5.41, 5.74) is 2.62. The lowest BCUT2D eigenvalue weighted by atomic mass is 10.2. The average molecular weight is 164 g/mol. The molecular weight excluding hydrogens is 156 g/mol. The first-order chi connectivity index (χ1) is 4.97. The lowest BCUT2D eigenvalue weighted by Gasteiger charge is -1.85. The van der Waals surface area contributed by atoms with Gasteiger partial charge in [-0.15, -0.1) is 0 Å². The molecule has 11 heavy (non-hydrogen) atoms. The Kier molecular flexibility index (Phi) is 2.50. The Morgan fingerprint density at radius 1 is 0.545 bits per heavy atom. The summed E-state index contributed by atoms with van der Waals surface area (Å²) in [5.74, 6) is 0. The third kappa shape index (κ3) is 1.52. The molecule has 2 rings (SSSR count). The highest BCUT2D eigenvalue weighted by atomic mass is 35.5. The molecule has 0 atom stereocenters. The van der Waals surface area contributed by atoms with Crippen molar-refractivity contribution in [3.63, 3.8) is 0 Å². The van der Waals surface area contributed by atoms with E-state index in [1.54, 1.807) is 0 Å². The number of halogens is 1. The molecule has 1 heteroatoms. The first-order valence-electron chi connectivity index (χ1n) is 3.40. The lowest BCUT2D eigenvalue weighted by Crippen LogP contribution is -3.00. The van der Waals surface area contributed by atoms with Crippen molar-refractivity contribution in [2.75, 3.05) is 0 Å². The highest BCUT2D eigenvalue weighted by Crippen LogP contribution is 2.19. The van der Waals surface area contributed by atoms with Gasteiger partial charge >= 0.3 is 0 Å². The number of rotatable bonds is 0. The molecule has 0 amide bonds. The molecule has 0 saturated carbocycles. The van der Waals surface area contributed by atoms with Gasteiger partial charge in [-0.05, 0) is 11.1 Å². The van der Waals surface area contributed by atoms with Crippen LogP contribution in [0.4, 0.5) is 0 Å². The third-order valence-corrected chi connectivity index (χ3v) is 1.66. The minimum atomic E-state index is 0. The molecule has 0 aliphatic heterocycles. The number of hydrogen-bond donors (Lipinski definition) is 0. The van der Waals surface area contributed by atoms with Gasteiger partial charge in [0.2, 0.25) is 0 Å². The summed E-state index contributed by atoms with van der Waals surface area (Å²) in [5, 5.41) is 0. The summed E-state index contributed by atoms with van der Waals surface area (Å²) >= 11 is 0. The van der Waals surface area contributed by atoms with Crippen LogP contribution in [0.1, 0.15) is 0 Å². The maximum Gasteiger partial charge on any atom is -0.0184 e. The molecule has 0 heterocycles. The molecule has 2 aliphatic rings. The maximum atomic E-state index is 2.12. The predicted molar refractivity (Wildman–Crippen MR) is 43.1 cm³/mol. The Morgan fingerprint density at radius 3 is 1.55 bits per heavy atom. The van der Waals surface area contributed by atoms with Gasteiger partial charge in [-0.3, -0.25) is 0 Å². The van der Waals surface area contributed by atoms with Crippen LogP contribution in [0.3, 0.4) is 0 Å². The molecule has 56 valence electrons. The van der Waals surface area contributed by atoms with E-state index in [4.69, 9.17) is 0 Å². The van der Waals surface area contributed by atoms with E-state index in [-0.39, 0.29) is 12.4 Å². The summed E-state index contributed by atoms with van der Waals surface area (Å²) in [6.45, 7) is 0. The van der Waals surface area contributed by atoms with Gasteiger partial charge < -0.3 is 12.4 Å². The Hall–Kier alpha value is -1.01. The topological polar surface area (TPSA) is 0 Å². The van der Waals surface area contributed by atoms with Crippen molar-refractivity contribution in [2.24, 2.45) is 0 Å². The van der Waals surface area contributed by atoms with Crippen LogP contribution >= 0.6 is 0 Å². The molecule has 0 aromatic rings. The smallest absolute Gasteiger partial charge is 0.0184 e. The molecule has 2 aliphatic carbocycles. The van der Waals surface area contributed by atoms with E-state index in [1.807, 2.05) is 6.07 Å². The summed E-state index contributed by atoms with van der Waals surface area (Å²) in [6, 6.07) is 16.7. The Bertz CT molecular complexity index is 276. The number of hydrogen-bond acceptors (Lipinski definition) is 0. The van der Waals surface area contributed by atoms with Gasteiger partial charge in [-0.25, -0.2) is 0 Å².